The van der Waals surface area contributed by atoms with Crippen molar-refractivity contribution in [1.29, 1.82) is 0 Å². The van der Waals surface area contributed by atoms with Gasteiger partial charge in [-0.15, -0.1) is 0 Å². The quantitative estimate of drug-likeness (QED) is 0.737. The number of ether oxygens (including phenoxy) is 1. The minimum atomic E-state index is -0.463. The molecule has 0 saturated heterocycles. The third-order valence-corrected chi connectivity index (χ3v) is 4.76. The number of carbonyl (C=O) groups is 1. The van der Waals surface area contributed by atoms with E-state index in [4.69, 9.17) is 22.7 Å². The number of hydrogen-bond acceptors (Lipinski definition) is 3. The molecule has 0 aromatic heterocycles. The Balaban J connectivity index is 2.14. The molecule has 0 bridgehead atoms. The Morgan fingerprint density at radius 1 is 1.30 bits per heavy atom. The maximum atomic E-state index is 11.9. The lowest BCUT2D eigenvalue weighted by Crippen LogP contribution is -2.46. The molecule has 0 radical (unpaired) electrons. The van der Waals surface area contributed by atoms with Gasteiger partial charge in [-0.3, -0.25) is 4.79 Å². The van der Waals surface area contributed by atoms with E-state index in [0.29, 0.717) is 16.4 Å². The molecule has 0 spiro atoms. The standard InChI is InChI=1S/C17H21N3O2S/c1-9-14(16(18)21)15(20-17(23)19-9)12-7-10-5-3-4-6-11(10)8-13(12)22-2/h7-8,15H,3-6H2,1-2H3,(H2,18,21)(H2,19,20,23)/t15-/m1/s1. The lowest BCUT2D eigenvalue weighted by molar-refractivity contribution is -0.115. The van der Waals surface area contributed by atoms with Gasteiger partial charge < -0.3 is 21.1 Å². The third kappa shape index (κ3) is 2.91. The fourth-order valence-corrected chi connectivity index (χ4v) is 3.71. The molecule has 3 rings (SSSR count). The molecule has 1 amide bonds. The number of allylic oxidation sites excluding steroid dienone is 1. The van der Waals surface area contributed by atoms with E-state index in [9.17, 15) is 4.79 Å². The van der Waals surface area contributed by atoms with Crippen molar-refractivity contribution in [2.75, 3.05) is 7.11 Å². The van der Waals surface area contributed by atoms with Crippen LogP contribution in [0.5, 0.6) is 5.75 Å². The Kier molecular flexibility index (Phi) is 4.26. The highest BCUT2D eigenvalue weighted by atomic mass is 32.1. The number of carbonyl (C=O) groups excluding carboxylic acids is 1. The van der Waals surface area contributed by atoms with Crippen molar-refractivity contribution in [3.63, 3.8) is 0 Å². The van der Waals surface area contributed by atoms with Crippen molar-refractivity contribution in [2.24, 2.45) is 5.73 Å². The fraction of sp³-hybridized carbons (Fsp3) is 0.412. The van der Waals surface area contributed by atoms with E-state index in [1.807, 2.05) is 6.92 Å². The minimum absolute atomic E-state index is 0.386. The third-order valence-electron chi connectivity index (χ3n) is 4.54. The summed E-state index contributed by atoms with van der Waals surface area (Å²) in [7, 11) is 1.65. The van der Waals surface area contributed by atoms with Gasteiger partial charge in [0.2, 0.25) is 5.91 Å². The zero-order valence-electron chi connectivity index (χ0n) is 13.4. The maximum absolute atomic E-state index is 11.9. The van der Waals surface area contributed by atoms with Crippen LogP contribution in [-0.2, 0) is 17.6 Å². The largest absolute Gasteiger partial charge is 0.496 e. The maximum Gasteiger partial charge on any atom is 0.248 e. The van der Waals surface area contributed by atoms with Gasteiger partial charge in [0, 0.05) is 11.3 Å². The van der Waals surface area contributed by atoms with E-state index in [1.54, 1.807) is 7.11 Å². The highest BCUT2D eigenvalue weighted by molar-refractivity contribution is 7.80. The SMILES string of the molecule is COc1cc2c(cc1[C@H]1NC(=S)NC(C)=C1C(N)=O)CCCC2. The normalized spacial score (nSPS) is 20.4. The van der Waals surface area contributed by atoms with Crippen LogP contribution in [0.15, 0.2) is 23.4 Å². The number of hydrogen-bond donors (Lipinski definition) is 3. The predicted molar refractivity (Wildman–Crippen MR) is 93.1 cm³/mol. The molecule has 4 N–H and O–H groups in total. The van der Waals surface area contributed by atoms with Gasteiger partial charge in [-0.25, -0.2) is 0 Å². The molecule has 1 atom stereocenters. The Morgan fingerprint density at radius 2 is 1.96 bits per heavy atom. The highest BCUT2D eigenvalue weighted by Crippen LogP contribution is 2.36. The zero-order chi connectivity index (χ0) is 16.6. The molecule has 5 nitrogen and oxygen atoms in total. The molecule has 0 fully saturated rings. The summed E-state index contributed by atoms with van der Waals surface area (Å²) in [6, 6.07) is 3.84. The number of rotatable bonds is 3. The molecule has 1 aromatic rings. The average Bonchev–Trinajstić information content (AvgIpc) is 2.52. The Bertz CT molecular complexity index is 712. The molecule has 122 valence electrons. The van der Waals surface area contributed by atoms with E-state index in [0.717, 1.165) is 24.2 Å². The summed E-state index contributed by atoms with van der Waals surface area (Å²) in [6.07, 6.45) is 4.52. The summed E-state index contributed by atoms with van der Waals surface area (Å²) < 4.78 is 5.58. The van der Waals surface area contributed by atoms with Gasteiger partial charge in [0.1, 0.15) is 5.75 Å². The molecule has 2 aliphatic rings. The van der Waals surface area contributed by atoms with Crippen LogP contribution in [0, 0.1) is 0 Å². The topological polar surface area (TPSA) is 76.4 Å². The van der Waals surface area contributed by atoms with E-state index >= 15 is 0 Å². The first-order chi connectivity index (χ1) is 11.0. The number of benzene rings is 1. The number of nitrogens with two attached hydrogens (primary N) is 1. The van der Waals surface area contributed by atoms with Gasteiger partial charge in [-0.2, -0.15) is 0 Å². The van der Waals surface area contributed by atoms with Gasteiger partial charge in [-0.05, 0) is 68.1 Å². The van der Waals surface area contributed by atoms with E-state index < -0.39 is 5.91 Å². The van der Waals surface area contributed by atoms with Crippen LogP contribution in [0.2, 0.25) is 0 Å². The molecule has 0 unspecified atom stereocenters. The monoisotopic (exact) mass is 331 g/mol. The average molecular weight is 331 g/mol. The summed E-state index contributed by atoms with van der Waals surface area (Å²) >= 11 is 5.25. The zero-order valence-corrected chi connectivity index (χ0v) is 14.2. The molecule has 23 heavy (non-hydrogen) atoms. The van der Waals surface area contributed by atoms with Gasteiger partial charge in [0.15, 0.2) is 5.11 Å². The summed E-state index contributed by atoms with van der Waals surface area (Å²) in [5.41, 5.74) is 10.3. The van der Waals surface area contributed by atoms with Crippen LogP contribution in [-0.4, -0.2) is 18.1 Å². The van der Waals surface area contributed by atoms with E-state index in [1.165, 1.54) is 24.0 Å². The second kappa shape index (κ2) is 6.20. The number of amides is 1. The number of aryl methyl sites for hydroxylation is 2. The van der Waals surface area contributed by atoms with Crippen LogP contribution in [0.4, 0.5) is 0 Å². The molecular formula is C17H21N3O2S. The lowest BCUT2D eigenvalue weighted by Gasteiger charge is -2.31. The molecule has 6 heteroatoms. The van der Waals surface area contributed by atoms with Crippen LogP contribution < -0.4 is 21.1 Å². The van der Waals surface area contributed by atoms with Crippen molar-refractivity contribution in [3.8, 4) is 5.75 Å². The van der Waals surface area contributed by atoms with Crippen molar-refractivity contribution >= 4 is 23.2 Å². The van der Waals surface area contributed by atoms with E-state index in [2.05, 4.69) is 22.8 Å². The molecule has 1 aromatic carbocycles. The van der Waals surface area contributed by atoms with Crippen molar-refractivity contribution in [3.05, 3.63) is 40.1 Å². The van der Waals surface area contributed by atoms with Gasteiger partial charge in [0.25, 0.3) is 0 Å². The predicted octanol–water partition coefficient (Wildman–Crippen LogP) is 1.85. The van der Waals surface area contributed by atoms with Crippen LogP contribution in [0.25, 0.3) is 0 Å². The smallest absolute Gasteiger partial charge is 0.248 e. The fourth-order valence-electron chi connectivity index (χ4n) is 3.44. The second-order valence-corrected chi connectivity index (χ2v) is 6.41. The van der Waals surface area contributed by atoms with Crippen molar-refractivity contribution in [2.45, 2.75) is 38.6 Å². The van der Waals surface area contributed by atoms with Gasteiger partial charge in [0.05, 0.1) is 18.7 Å². The lowest BCUT2D eigenvalue weighted by atomic mass is 9.86. The van der Waals surface area contributed by atoms with Crippen molar-refractivity contribution in [1.82, 2.24) is 10.6 Å². The number of methoxy groups -OCH3 is 1. The highest BCUT2D eigenvalue weighted by Gasteiger charge is 2.31. The summed E-state index contributed by atoms with van der Waals surface area (Å²) in [5.74, 6) is 0.300. The summed E-state index contributed by atoms with van der Waals surface area (Å²) in [5, 5.41) is 6.61. The molecular weight excluding hydrogens is 310 g/mol. The first-order valence-electron chi connectivity index (χ1n) is 7.79. The molecule has 1 aliphatic heterocycles. The van der Waals surface area contributed by atoms with Gasteiger partial charge >= 0.3 is 0 Å². The van der Waals surface area contributed by atoms with E-state index in [-0.39, 0.29) is 6.04 Å². The summed E-state index contributed by atoms with van der Waals surface area (Å²) in [4.78, 5) is 11.9. The van der Waals surface area contributed by atoms with Crippen molar-refractivity contribution < 1.29 is 9.53 Å². The molecule has 0 saturated carbocycles. The van der Waals surface area contributed by atoms with Crippen LogP contribution in [0.3, 0.4) is 0 Å². The van der Waals surface area contributed by atoms with Gasteiger partial charge in [-0.1, -0.05) is 0 Å². The van der Waals surface area contributed by atoms with Crippen LogP contribution >= 0.6 is 12.2 Å². The first-order valence-corrected chi connectivity index (χ1v) is 8.20. The Morgan fingerprint density at radius 3 is 2.57 bits per heavy atom. The molecule has 1 heterocycles. The summed E-state index contributed by atoms with van der Waals surface area (Å²) in [6.45, 7) is 1.81. The Labute approximate surface area is 141 Å². The Hall–Kier alpha value is -2.08. The number of fused-ring (bicyclic) bond motifs is 1. The minimum Gasteiger partial charge on any atom is -0.496 e. The second-order valence-electron chi connectivity index (χ2n) is 6.00. The first kappa shape index (κ1) is 15.8. The van der Waals surface area contributed by atoms with Crippen LogP contribution in [0.1, 0.15) is 42.5 Å². The molecule has 1 aliphatic carbocycles. The number of primary amides is 1. The number of nitrogens with one attached hydrogen (secondary N) is 2. The number of thiocarbonyl (C=S) groups is 1.